The first-order valence-electron chi connectivity index (χ1n) is 10.7. The third-order valence-electron chi connectivity index (χ3n) is 5.47. The Morgan fingerprint density at radius 3 is 2.62 bits per heavy atom. The molecule has 32 heavy (non-hydrogen) atoms. The normalized spacial score (nSPS) is 13.3. The van der Waals surface area contributed by atoms with Crippen LogP contribution in [0.3, 0.4) is 0 Å². The molecular formula is C24H31N5O3. The molecule has 8 heteroatoms. The summed E-state index contributed by atoms with van der Waals surface area (Å²) in [4.78, 5) is 21.1. The van der Waals surface area contributed by atoms with E-state index in [4.69, 9.17) is 4.74 Å². The Balaban J connectivity index is 1.85. The van der Waals surface area contributed by atoms with Crippen LogP contribution in [0, 0.1) is 12.8 Å². The zero-order valence-electron chi connectivity index (χ0n) is 19.5. The van der Waals surface area contributed by atoms with Crippen LogP contribution in [0.15, 0.2) is 42.9 Å². The molecule has 1 aromatic carbocycles. The number of methoxy groups -OCH3 is 1. The van der Waals surface area contributed by atoms with Gasteiger partial charge >= 0.3 is 5.97 Å². The summed E-state index contributed by atoms with van der Waals surface area (Å²) >= 11 is 0. The lowest BCUT2D eigenvalue weighted by Gasteiger charge is -2.28. The van der Waals surface area contributed by atoms with E-state index in [1.807, 2.05) is 37.4 Å². The van der Waals surface area contributed by atoms with E-state index in [0.29, 0.717) is 11.9 Å². The standard InChI is InChI=1S/C24H31N5O3/c1-15(2)21-7-8-25-23(28-21)27-20-10-17(5)9-18(11-20)19-12-26-29(13-19)14-24(31,16(3)4)22(30)32-6/h7-13,15-16,31H,14H2,1-6H3,(H,25,27,28)/t24-/m1/s1. The minimum atomic E-state index is -1.66. The number of aliphatic hydroxyl groups is 1. The highest BCUT2D eigenvalue weighted by Gasteiger charge is 2.41. The first-order chi connectivity index (χ1) is 15.1. The SMILES string of the molecule is COC(=O)[C@@](O)(Cn1cc(-c2cc(C)cc(Nc3nccc(C(C)C)n3)c2)cn1)C(C)C. The summed E-state index contributed by atoms with van der Waals surface area (Å²) in [7, 11) is 1.27. The topological polar surface area (TPSA) is 102 Å². The van der Waals surface area contributed by atoms with Crippen molar-refractivity contribution >= 4 is 17.6 Å². The summed E-state index contributed by atoms with van der Waals surface area (Å²) in [5.74, 6) is -0.148. The zero-order valence-corrected chi connectivity index (χ0v) is 19.5. The number of aryl methyl sites for hydroxylation is 1. The minimum absolute atomic E-state index is 0.00406. The highest BCUT2D eigenvalue weighted by Crippen LogP contribution is 2.27. The average Bonchev–Trinajstić information content (AvgIpc) is 3.21. The Kier molecular flexibility index (Phi) is 6.93. The minimum Gasteiger partial charge on any atom is -0.467 e. The number of hydrogen-bond donors (Lipinski definition) is 2. The quantitative estimate of drug-likeness (QED) is 0.512. The maximum absolute atomic E-state index is 12.2. The van der Waals surface area contributed by atoms with Gasteiger partial charge < -0.3 is 15.2 Å². The first-order valence-corrected chi connectivity index (χ1v) is 10.7. The van der Waals surface area contributed by atoms with Crippen LogP contribution in [0.5, 0.6) is 0 Å². The van der Waals surface area contributed by atoms with Crippen LogP contribution in [0.4, 0.5) is 11.6 Å². The number of carbonyl (C=O) groups excluding carboxylic acids is 1. The molecule has 2 aromatic heterocycles. The van der Waals surface area contributed by atoms with Crippen molar-refractivity contribution in [1.29, 1.82) is 0 Å². The van der Waals surface area contributed by atoms with Gasteiger partial charge in [0.15, 0.2) is 5.60 Å². The molecule has 0 bridgehead atoms. The molecule has 0 fully saturated rings. The van der Waals surface area contributed by atoms with Crippen molar-refractivity contribution in [2.45, 2.75) is 52.7 Å². The van der Waals surface area contributed by atoms with Gasteiger partial charge in [-0.25, -0.2) is 14.8 Å². The molecule has 3 aromatic rings. The lowest BCUT2D eigenvalue weighted by Crippen LogP contribution is -2.48. The van der Waals surface area contributed by atoms with E-state index in [-0.39, 0.29) is 12.5 Å². The van der Waals surface area contributed by atoms with Crippen molar-refractivity contribution in [3.63, 3.8) is 0 Å². The lowest BCUT2D eigenvalue weighted by molar-refractivity contribution is -0.169. The van der Waals surface area contributed by atoms with Gasteiger partial charge in [-0.1, -0.05) is 33.8 Å². The molecule has 8 nitrogen and oxygen atoms in total. The third-order valence-corrected chi connectivity index (χ3v) is 5.47. The molecule has 0 unspecified atom stereocenters. The van der Waals surface area contributed by atoms with E-state index < -0.39 is 11.6 Å². The third kappa shape index (κ3) is 5.13. The van der Waals surface area contributed by atoms with Gasteiger partial charge in [-0.15, -0.1) is 0 Å². The predicted molar refractivity (Wildman–Crippen MR) is 124 cm³/mol. The number of rotatable bonds is 8. The number of carbonyl (C=O) groups is 1. The van der Waals surface area contributed by atoms with E-state index in [2.05, 4.69) is 34.2 Å². The highest BCUT2D eigenvalue weighted by atomic mass is 16.5. The monoisotopic (exact) mass is 437 g/mol. The molecule has 0 aliphatic carbocycles. The van der Waals surface area contributed by atoms with Gasteiger partial charge in [0.1, 0.15) is 0 Å². The molecule has 2 N–H and O–H groups in total. The summed E-state index contributed by atoms with van der Waals surface area (Å²) in [6, 6.07) is 7.98. The summed E-state index contributed by atoms with van der Waals surface area (Å²) in [6.07, 6.45) is 5.28. The Bertz CT molecular complexity index is 1090. The van der Waals surface area contributed by atoms with Gasteiger partial charge in [0.2, 0.25) is 5.95 Å². The van der Waals surface area contributed by atoms with Crippen LogP contribution < -0.4 is 5.32 Å². The van der Waals surface area contributed by atoms with Crippen LogP contribution in [-0.4, -0.2) is 43.5 Å². The van der Waals surface area contributed by atoms with Gasteiger partial charge in [-0.2, -0.15) is 5.10 Å². The second-order valence-electron chi connectivity index (χ2n) is 8.67. The highest BCUT2D eigenvalue weighted by molar-refractivity contribution is 5.79. The van der Waals surface area contributed by atoms with Crippen molar-refractivity contribution in [1.82, 2.24) is 19.7 Å². The molecule has 0 aliphatic rings. The number of ether oxygens (including phenoxy) is 1. The van der Waals surface area contributed by atoms with Gasteiger partial charge in [0.05, 0.1) is 19.9 Å². The number of aromatic nitrogens is 4. The zero-order chi connectivity index (χ0) is 23.5. The fourth-order valence-electron chi connectivity index (χ4n) is 3.41. The van der Waals surface area contributed by atoms with Crippen molar-refractivity contribution < 1.29 is 14.6 Å². The van der Waals surface area contributed by atoms with Gasteiger partial charge in [0.25, 0.3) is 0 Å². The number of anilines is 2. The maximum Gasteiger partial charge on any atom is 0.340 e. The Hall–Kier alpha value is -3.26. The number of hydrogen-bond acceptors (Lipinski definition) is 7. The van der Waals surface area contributed by atoms with Crippen LogP contribution in [0.2, 0.25) is 0 Å². The second-order valence-corrected chi connectivity index (χ2v) is 8.67. The van der Waals surface area contributed by atoms with Crippen LogP contribution in [-0.2, 0) is 16.1 Å². The summed E-state index contributed by atoms with van der Waals surface area (Å²) in [5, 5.41) is 18.5. The Morgan fingerprint density at radius 1 is 1.22 bits per heavy atom. The van der Waals surface area contributed by atoms with Gasteiger partial charge in [-0.05, 0) is 48.1 Å². The smallest absolute Gasteiger partial charge is 0.340 e. The summed E-state index contributed by atoms with van der Waals surface area (Å²) in [6.45, 7) is 9.75. The average molecular weight is 438 g/mol. The Morgan fingerprint density at radius 2 is 1.97 bits per heavy atom. The van der Waals surface area contributed by atoms with Crippen LogP contribution in [0.25, 0.3) is 11.1 Å². The van der Waals surface area contributed by atoms with Gasteiger partial charge in [-0.3, -0.25) is 4.68 Å². The molecule has 170 valence electrons. The van der Waals surface area contributed by atoms with E-state index in [9.17, 15) is 9.90 Å². The van der Waals surface area contributed by atoms with Gasteiger partial charge in [0, 0.05) is 29.3 Å². The van der Waals surface area contributed by atoms with Crippen molar-refractivity contribution in [3.8, 4) is 11.1 Å². The van der Waals surface area contributed by atoms with E-state index in [1.165, 1.54) is 7.11 Å². The van der Waals surface area contributed by atoms with E-state index in [1.54, 1.807) is 30.9 Å². The fourth-order valence-corrected chi connectivity index (χ4v) is 3.41. The molecular weight excluding hydrogens is 406 g/mol. The molecule has 1 atom stereocenters. The fraction of sp³-hybridized carbons (Fsp3) is 0.417. The molecule has 0 saturated carbocycles. The number of benzene rings is 1. The summed E-state index contributed by atoms with van der Waals surface area (Å²) in [5.41, 5.74) is 3.05. The lowest BCUT2D eigenvalue weighted by atomic mass is 9.90. The van der Waals surface area contributed by atoms with Crippen LogP contribution >= 0.6 is 0 Å². The molecule has 0 radical (unpaired) electrons. The van der Waals surface area contributed by atoms with Crippen molar-refractivity contribution in [3.05, 3.63) is 54.1 Å². The first kappa shape index (κ1) is 23.4. The number of nitrogens with one attached hydrogen (secondary N) is 1. The van der Waals surface area contributed by atoms with Crippen molar-refractivity contribution in [2.24, 2.45) is 5.92 Å². The molecule has 0 saturated heterocycles. The Labute approximate surface area is 188 Å². The summed E-state index contributed by atoms with van der Waals surface area (Å²) < 4.78 is 6.37. The number of esters is 1. The van der Waals surface area contributed by atoms with E-state index >= 15 is 0 Å². The maximum atomic E-state index is 12.2. The molecule has 0 spiro atoms. The number of nitrogens with zero attached hydrogens (tertiary/aromatic N) is 4. The molecule has 0 amide bonds. The molecule has 0 aliphatic heterocycles. The van der Waals surface area contributed by atoms with Crippen molar-refractivity contribution in [2.75, 3.05) is 12.4 Å². The largest absolute Gasteiger partial charge is 0.467 e. The van der Waals surface area contributed by atoms with E-state index in [0.717, 1.165) is 28.1 Å². The molecule has 2 heterocycles. The second kappa shape index (κ2) is 9.48. The van der Waals surface area contributed by atoms with Crippen LogP contribution in [0.1, 0.15) is 44.9 Å². The predicted octanol–water partition coefficient (Wildman–Crippen LogP) is 4.08. The molecule has 3 rings (SSSR count).